The number of oxazole rings is 1. The van der Waals surface area contributed by atoms with E-state index in [0.717, 1.165) is 65.0 Å². The first kappa shape index (κ1) is 31.1. The molecular weight excluding hydrogens is 705 g/mol. The number of rotatable bonds is 4. The molecule has 0 bridgehead atoms. The highest BCUT2D eigenvalue weighted by molar-refractivity contribution is 7.26. The van der Waals surface area contributed by atoms with Crippen molar-refractivity contribution in [2.45, 2.75) is 0 Å². The van der Waals surface area contributed by atoms with Crippen molar-refractivity contribution in [1.29, 1.82) is 0 Å². The number of fused-ring (bicyclic) bond motifs is 11. The van der Waals surface area contributed by atoms with Crippen molar-refractivity contribution in [2.75, 3.05) is 0 Å². The van der Waals surface area contributed by atoms with Crippen LogP contribution in [0.1, 0.15) is 0 Å². The maximum atomic E-state index is 6.58. The van der Waals surface area contributed by atoms with Gasteiger partial charge in [0, 0.05) is 42.4 Å². The van der Waals surface area contributed by atoms with Crippen LogP contribution in [0.5, 0.6) is 0 Å². The fraction of sp³-hybridized carbons (Fsp3) is 0. The van der Waals surface area contributed by atoms with E-state index in [4.69, 9.17) is 24.4 Å². The highest BCUT2D eigenvalue weighted by Crippen LogP contribution is 2.44. The minimum absolute atomic E-state index is 0.616. The molecule has 5 nitrogen and oxygen atoms in total. The molecule has 0 unspecified atom stereocenters. The van der Waals surface area contributed by atoms with Crippen molar-refractivity contribution in [2.24, 2.45) is 0 Å². The van der Waals surface area contributed by atoms with Crippen LogP contribution in [0.2, 0.25) is 0 Å². The van der Waals surface area contributed by atoms with Gasteiger partial charge in [-0.2, -0.15) is 0 Å². The number of nitrogens with zero attached hydrogens (tertiary/aromatic N) is 4. The molecule has 0 spiro atoms. The van der Waals surface area contributed by atoms with E-state index in [0.29, 0.717) is 23.4 Å². The van der Waals surface area contributed by atoms with Gasteiger partial charge in [0.25, 0.3) is 0 Å². The summed E-state index contributed by atoms with van der Waals surface area (Å²) in [4.78, 5) is 20.5. The third-order valence-electron chi connectivity index (χ3n) is 10.9. The molecule has 0 saturated heterocycles. The lowest BCUT2D eigenvalue weighted by molar-refractivity contribution is 0.623. The van der Waals surface area contributed by atoms with Gasteiger partial charge in [-0.3, -0.25) is 0 Å². The summed E-state index contributed by atoms with van der Waals surface area (Å²) in [7, 11) is 0. The maximum Gasteiger partial charge on any atom is 0.227 e. The van der Waals surface area contributed by atoms with Crippen molar-refractivity contribution >= 4 is 85.7 Å². The first-order chi connectivity index (χ1) is 27.7. The van der Waals surface area contributed by atoms with Gasteiger partial charge in [0.15, 0.2) is 23.1 Å². The van der Waals surface area contributed by atoms with Crippen LogP contribution in [0.25, 0.3) is 120 Å². The van der Waals surface area contributed by atoms with Gasteiger partial charge < -0.3 is 4.42 Å². The summed E-state index contributed by atoms with van der Waals surface area (Å²) >= 11 is 1.77. The molecule has 0 N–H and O–H groups in total. The summed E-state index contributed by atoms with van der Waals surface area (Å²) in [6, 6.07) is 59.4. The Kier molecular flexibility index (Phi) is 6.73. The summed E-state index contributed by atoms with van der Waals surface area (Å²) in [5, 5.41) is 11.5. The molecule has 56 heavy (non-hydrogen) atoms. The first-order valence-electron chi connectivity index (χ1n) is 18.6. The predicted molar refractivity (Wildman–Crippen MR) is 232 cm³/mol. The van der Waals surface area contributed by atoms with Crippen molar-refractivity contribution in [3.8, 4) is 45.6 Å². The van der Waals surface area contributed by atoms with Crippen LogP contribution in [0, 0.1) is 0 Å². The number of aromatic nitrogens is 4. The normalized spacial score (nSPS) is 11.9. The standard InChI is InChI=1S/C50H28N4OS/c1-2-10-33(11-3-1)50-51-41-23-25-43-45(46(41)55-50)44-40-28-37(21-18-32(40)22-24-42(44)56-43)49-53-47(35-19-14-29-8-4-5-12-34(29)26-35)52-48(54-49)36-20-17-31-16-15-30-9-6-7-13-38(30)39(31)27-36/h1-28H. The van der Waals surface area contributed by atoms with Gasteiger partial charge in [0.05, 0.1) is 0 Å². The second-order valence-corrected chi connectivity index (χ2v) is 15.3. The predicted octanol–water partition coefficient (Wildman–Crippen LogP) is 13.7. The lowest BCUT2D eigenvalue weighted by Gasteiger charge is -2.11. The monoisotopic (exact) mass is 732 g/mol. The van der Waals surface area contributed by atoms with Crippen molar-refractivity contribution in [1.82, 2.24) is 19.9 Å². The van der Waals surface area contributed by atoms with Crippen LogP contribution < -0.4 is 0 Å². The Morgan fingerprint density at radius 2 is 0.893 bits per heavy atom. The van der Waals surface area contributed by atoms with E-state index in [1.54, 1.807) is 11.3 Å². The zero-order chi connectivity index (χ0) is 36.7. The Bertz CT molecular complexity index is 3550. The zero-order valence-corrected chi connectivity index (χ0v) is 30.6. The number of hydrogen-bond donors (Lipinski definition) is 0. The summed E-state index contributed by atoms with van der Waals surface area (Å²) in [5.41, 5.74) is 5.39. The second kappa shape index (κ2) is 12.1. The van der Waals surface area contributed by atoms with Crippen LogP contribution in [-0.4, -0.2) is 19.9 Å². The zero-order valence-electron chi connectivity index (χ0n) is 29.8. The van der Waals surface area contributed by atoms with E-state index in [2.05, 4.69) is 140 Å². The third kappa shape index (κ3) is 4.93. The van der Waals surface area contributed by atoms with E-state index in [-0.39, 0.29) is 0 Å². The SMILES string of the molecule is c1ccc(-c2nc3ccc4sc5ccc6ccc(-c7nc(-c8ccc9ccccc9c8)nc(-c8ccc9ccc%10ccccc%10c9c8)n7)cc6c5c4c3o2)cc1. The van der Waals surface area contributed by atoms with Crippen LogP contribution >= 0.6 is 11.3 Å². The summed E-state index contributed by atoms with van der Waals surface area (Å²) < 4.78 is 8.92. The molecule has 3 heterocycles. The van der Waals surface area contributed by atoms with Gasteiger partial charge in [-0.15, -0.1) is 11.3 Å². The maximum absolute atomic E-state index is 6.58. The van der Waals surface area contributed by atoms with Crippen molar-refractivity contribution in [3.05, 3.63) is 170 Å². The number of benzene rings is 9. The Labute approximate surface area is 324 Å². The van der Waals surface area contributed by atoms with Gasteiger partial charge in [0.2, 0.25) is 5.89 Å². The van der Waals surface area contributed by atoms with Crippen molar-refractivity contribution in [3.63, 3.8) is 0 Å². The fourth-order valence-corrected chi connectivity index (χ4v) is 9.25. The smallest absolute Gasteiger partial charge is 0.227 e. The molecule has 6 heteroatoms. The van der Waals surface area contributed by atoms with E-state index in [9.17, 15) is 0 Å². The van der Waals surface area contributed by atoms with Crippen LogP contribution in [0.15, 0.2) is 174 Å². The lowest BCUT2D eigenvalue weighted by atomic mass is 9.99. The molecule has 0 aliphatic rings. The Morgan fingerprint density at radius 3 is 1.66 bits per heavy atom. The highest BCUT2D eigenvalue weighted by Gasteiger charge is 2.19. The molecule has 0 aliphatic carbocycles. The average Bonchev–Trinajstić information content (AvgIpc) is 3.88. The lowest BCUT2D eigenvalue weighted by Crippen LogP contribution is -2.00. The van der Waals surface area contributed by atoms with E-state index >= 15 is 0 Å². The Morgan fingerprint density at radius 1 is 0.357 bits per heavy atom. The quantitative estimate of drug-likeness (QED) is 0.169. The van der Waals surface area contributed by atoms with Gasteiger partial charge in [-0.1, -0.05) is 121 Å². The van der Waals surface area contributed by atoms with Crippen LogP contribution in [0.4, 0.5) is 0 Å². The molecule has 0 fully saturated rings. The average molecular weight is 733 g/mol. The summed E-state index contributed by atoms with van der Waals surface area (Å²) in [6.45, 7) is 0. The molecule has 9 aromatic carbocycles. The third-order valence-corrected chi connectivity index (χ3v) is 12.0. The van der Waals surface area contributed by atoms with E-state index in [1.165, 1.54) is 31.6 Å². The van der Waals surface area contributed by atoms with Crippen LogP contribution in [0.3, 0.4) is 0 Å². The molecule has 12 rings (SSSR count). The molecular formula is C50H28N4OS. The highest BCUT2D eigenvalue weighted by atomic mass is 32.1. The topological polar surface area (TPSA) is 64.7 Å². The molecule has 0 radical (unpaired) electrons. The molecule has 12 aromatic rings. The minimum atomic E-state index is 0.616. The molecule has 0 atom stereocenters. The second-order valence-electron chi connectivity index (χ2n) is 14.2. The number of thiophene rings is 1. The van der Waals surface area contributed by atoms with E-state index in [1.807, 2.05) is 30.3 Å². The van der Waals surface area contributed by atoms with Gasteiger partial charge in [-0.25, -0.2) is 19.9 Å². The minimum Gasteiger partial charge on any atom is -0.435 e. The van der Waals surface area contributed by atoms with Gasteiger partial charge in [0.1, 0.15) is 5.52 Å². The summed E-state index contributed by atoms with van der Waals surface area (Å²) in [5.74, 6) is 2.49. The molecule has 260 valence electrons. The largest absolute Gasteiger partial charge is 0.435 e. The van der Waals surface area contributed by atoms with E-state index < -0.39 is 0 Å². The first-order valence-corrected chi connectivity index (χ1v) is 19.4. The Balaban J connectivity index is 1.09. The molecule has 0 amide bonds. The number of hydrogen-bond acceptors (Lipinski definition) is 6. The van der Waals surface area contributed by atoms with Gasteiger partial charge in [-0.05, 0) is 91.6 Å². The molecule has 0 aliphatic heterocycles. The molecule has 0 saturated carbocycles. The molecule has 3 aromatic heterocycles. The summed E-state index contributed by atoms with van der Waals surface area (Å²) in [6.07, 6.45) is 0. The van der Waals surface area contributed by atoms with Crippen LogP contribution in [-0.2, 0) is 0 Å². The van der Waals surface area contributed by atoms with Gasteiger partial charge >= 0.3 is 0 Å². The van der Waals surface area contributed by atoms with Crippen molar-refractivity contribution < 1.29 is 4.42 Å². The fourth-order valence-electron chi connectivity index (χ4n) is 8.13. The Hall–Kier alpha value is -7.28.